The number of carboxylic acid groups (broad SMARTS) is 1. The lowest BCUT2D eigenvalue weighted by Crippen LogP contribution is -2.41. The Morgan fingerprint density at radius 1 is 1.48 bits per heavy atom. The summed E-state index contributed by atoms with van der Waals surface area (Å²) < 4.78 is 5.94. The van der Waals surface area contributed by atoms with Crippen LogP contribution in [0.15, 0.2) is 6.07 Å². The number of hydrogen-bond donors (Lipinski definition) is 2. The summed E-state index contributed by atoms with van der Waals surface area (Å²) in [5.74, 6) is -2.26. The Balaban J connectivity index is 2.76. The topological polar surface area (TPSA) is 111 Å². The van der Waals surface area contributed by atoms with Crippen LogP contribution in [0.4, 0.5) is 0 Å². The van der Waals surface area contributed by atoms with Crippen molar-refractivity contribution in [1.29, 1.82) is 0 Å². The summed E-state index contributed by atoms with van der Waals surface area (Å²) in [6, 6.07) is 0.426. The zero-order valence-corrected chi connectivity index (χ0v) is 12.3. The largest absolute Gasteiger partial charge is 0.480 e. The molecule has 0 radical (unpaired) electrons. The van der Waals surface area contributed by atoms with Gasteiger partial charge in [-0.3, -0.25) is 14.3 Å². The maximum atomic E-state index is 12.1. The molecule has 0 fully saturated rings. The Hall–Kier alpha value is -2.38. The first-order valence-corrected chi connectivity index (χ1v) is 6.54. The number of carbonyl (C=O) groups is 3. The van der Waals surface area contributed by atoms with Crippen molar-refractivity contribution in [2.45, 2.75) is 39.3 Å². The molecule has 116 valence electrons. The molecule has 0 unspecified atom stereocenters. The number of nitrogens with zero attached hydrogens (tertiary/aromatic N) is 2. The minimum atomic E-state index is -1.20. The van der Waals surface area contributed by atoms with Gasteiger partial charge < -0.3 is 15.2 Å². The van der Waals surface area contributed by atoms with Gasteiger partial charge in [-0.05, 0) is 26.3 Å². The highest BCUT2D eigenvalue weighted by atomic mass is 16.5. The average Bonchev–Trinajstić information content (AvgIpc) is 2.83. The maximum absolute atomic E-state index is 12.1. The maximum Gasteiger partial charge on any atom is 0.326 e. The van der Waals surface area contributed by atoms with Crippen LogP contribution >= 0.6 is 0 Å². The Morgan fingerprint density at radius 3 is 2.67 bits per heavy atom. The number of rotatable bonds is 7. The predicted octanol–water partition coefficient (Wildman–Crippen LogP) is 0.348. The summed E-state index contributed by atoms with van der Waals surface area (Å²) in [4.78, 5) is 34.3. The molecule has 0 saturated heterocycles. The van der Waals surface area contributed by atoms with Gasteiger partial charge in [0.25, 0.3) is 5.91 Å². The molecule has 1 aromatic heterocycles. The average molecular weight is 297 g/mol. The Kier molecular flexibility index (Phi) is 5.89. The summed E-state index contributed by atoms with van der Waals surface area (Å²) in [7, 11) is 1.22. The molecule has 2 N–H and O–H groups in total. The van der Waals surface area contributed by atoms with Crippen LogP contribution in [-0.2, 0) is 20.9 Å². The number of nitrogens with one attached hydrogen (secondary N) is 1. The number of aromatic nitrogens is 2. The van der Waals surface area contributed by atoms with E-state index in [4.69, 9.17) is 5.11 Å². The Morgan fingerprint density at radius 2 is 2.14 bits per heavy atom. The SMILES string of the molecule is CCn1nc(C)cc1C(=O)N[C@@H](CCC(=O)OC)C(=O)O. The van der Waals surface area contributed by atoms with E-state index in [0.29, 0.717) is 17.9 Å². The van der Waals surface area contributed by atoms with Crippen LogP contribution in [0.2, 0.25) is 0 Å². The zero-order valence-electron chi connectivity index (χ0n) is 12.3. The van der Waals surface area contributed by atoms with Gasteiger partial charge in [-0.25, -0.2) is 4.79 Å². The van der Waals surface area contributed by atoms with E-state index in [-0.39, 0.29) is 12.8 Å². The number of amides is 1. The molecule has 0 spiro atoms. The van der Waals surface area contributed by atoms with Crippen molar-refractivity contribution < 1.29 is 24.2 Å². The van der Waals surface area contributed by atoms with Gasteiger partial charge in [0.2, 0.25) is 0 Å². The van der Waals surface area contributed by atoms with Crippen molar-refractivity contribution >= 4 is 17.8 Å². The Labute approximate surface area is 122 Å². The molecular formula is C13H19N3O5. The quantitative estimate of drug-likeness (QED) is 0.702. The van der Waals surface area contributed by atoms with Gasteiger partial charge in [-0.2, -0.15) is 5.10 Å². The van der Waals surface area contributed by atoms with Gasteiger partial charge in [0, 0.05) is 13.0 Å². The number of hydrogen-bond acceptors (Lipinski definition) is 5. The van der Waals surface area contributed by atoms with Crippen molar-refractivity contribution in [3.05, 3.63) is 17.5 Å². The molecule has 8 nitrogen and oxygen atoms in total. The second-order valence-electron chi connectivity index (χ2n) is 4.47. The van der Waals surface area contributed by atoms with E-state index in [9.17, 15) is 14.4 Å². The standard InChI is InChI=1S/C13H19N3O5/c1-4-16-10(7-8(2)15-16)12(18)14-9(13(19)20)5-6-11(17)21-3/h7,9H,4-6H2,1-3H3,(H,14,18)(H,19,20)/t9-/m0/s1. The van der Waals surface area contributed by atoms with Gasteiger partial charge in [0.1, 0.15) is 11.7 Å². The molecule has 1 amide bonds. The smallest absolute Gasteiger partial charge is 0.326 e. The van der Waals surface area contributed by atoms with E-state index < -0.39 is 23.9 Å². The third-order valence-corrected chi connectivity index (χ3v) is 2.90. The van der Waals surface area contributed by atoms with Crippen molar-refractivity contribution in [2.24, 2.45) is 0 Å². The first-order chi connectivity index (χ1) is 9.88. The lowest BCUT2D eigenvalue weighted by atomic mass is 10.1. The van der Waals surface area contributed by atoms with Crippen LogP contribution < -0.4 is 5.32 Å². The van der Waals surface area contributed by atoms with Crippen LogP contribution in [0.3, 0.4) is 0 Å². The third-order valence-electron chi connectivity index (χ3n) is 2.90. The van der Waals surface area contributed by atoms with E-state index in [1.807, 2.05) is 6.92 Å². The lowest BCUT2D eigenvalue weighted by Gasteiger charge is -2.14. The van der Waals surface area contributed by atoms with Crippen molar-refractivity contribution in [3.8, 4) is 0 Å². The van der Waals surface area contributed by atoms with Crippen molar-refractivity contribution in [2.75, 3.05) is 7.11 Å². The molecule has 0 aliphatic carbocycles. The van der Waals surface area contributed by atoms with Gasteiger partial charge in [0.15, 0.2) is 0 Å². The molecule has 0 saturated carbocycles. The van der Waals surface area contributed by atoms with Gasteiger partial charge in [0.05, 0.1) is 12.8 Å². The normalized spacial score (nSPS) is 11.8. The summed E-state index contributed by atoms with van der Waals surface area (Å²) >= 11 is 0. The first kappa shape index (κ1) is 16.7. The van der Waals surface area contributed by atoms with Gasteiger partial charge >= 0.3 is 11.9 Å². The second-order valence-corrected chi connectivity index (χ2v) is 4.47. The highest BCUT2D eigenvalue weighted by Crippen LogP contribution is 2.06. The third kappa shape index (κ3) is 4.59. The summed E-state index contributed by atoms with van der Waals surface area (Å²) in [5, 5.41) is 15.6. The molecule has 1 aromatic rings. The molecule has 0 aliphatic heterocycles. The minimum Gasteiger partial charge on any atom is -0.480 e. The Bertz CT molecular complexity index is 538. The lowest BCUT2D eigenvalue weighted by molar-refractivity contribution is -0.142. The predicted molar refractivity (Wildman–Crippen MR) is 72.8 cm³/mol. The fraction of sp³-hybridized carbons (Fsp3) is 0.538. The molecule has 1 heterocycles. The van der Waals surface area contributed by atoms with E-state index in [0.717, 1.165) is 0 Å². The van der Waals surface area contributed by atoms with E-state index >= 15 is 0 Å². The number of aliphatic carboxylic acids is 1. The molecule has 21 heavy (non-hydrogen) atoms. The monoisotopic (exact) mass is 297 g/mol. The molecule has 1 atom stereocenters. The fourth-order valence-corrected chi connectivity index (χ4v) is 1.82. The molecular weight excluding hydrogens is 278 g/mol. The number of carboxylic acids is 1. The molecule has 0 aliphatic rings. The van der Waals surface area contributed by atoms with Gasteiger partial charge in [-0.1, -0.05) is 0 Å². The van der Waals surface area contributed by atoms with Crippen LogP contribution in [0, 0.1) is 6.92 Å². The highest BCUT2D eigenvalue weighted by Gasteiger charge is 2.23. The van der Waals surface area contributed by atoms with Crippen LogP contribution in [-0.4, -0.2) is 45.9 Å². The molecule has 1 rings (SSSR count). The summed E-state index contributed by atoms with van der Waals surface area (Å²) in [6.45, 7) is 4.07. The fourth-order valence-electron chi connectivity index (χ4n) is 1.82. The highest BCUT2D eigenvalue weighted by molar-refractivity contribution is 5.95. The minimum absolute atomic E-state index is 0.0347. The number of carbonyl (C=O) groups excluding carboxylic acids is 2. The van der Waals surface area contributed by atoms with Crippen LogP contribution in [0.1, 0.15) is 35.9 Å². The van der Waals surface area contributed by atoms with E-state index in [1.165, 1.54) is 11.8 Å². The number of aryl methyl sites for hydroxylation is 2. The number of methoxy groups -OCH3 is 1. The molecule has 8 heteroatoms. The first-order valence-electron chi connectivity index (χ1n) is 6.54. The summed E-state index contributed by atoms with van der Waals surface area (Å²) in [6.07, 6.45) is -0.118. The molecule has 0 bridgehead atoms. The second kappa shape index (κ2) is 7.41. The van der Waals surface area contributed by atoms with E-state index in [2.05, 4.69) is 15.2 Å². The number of ether oxygens (including phenoxy) is 1. The number of esters is 1. The summed E-state index contributed by atoms with van der Waals surface area (Å²) in [5.41, 5.74) is 0.961. The van der Waals surface area contributed by atoms with Crippen molar-refractivity contribution in [3.63, 3.8) is 0 Å². The van der Waals surface area contributed by atoms with Crippen molar-refractivity contribution in [1.82, 2.24) is 15.1 Å². The van der Waals surface area contributed by atoms with Gasteiger partial charge in [-0.15, -0.1) is 0 Å². The molecule has 0 aromatic carbocycles. The van der Waals surface area contributed by atoms with E-state index in [1.54, 1.807) is 13.0 Å². The van der Waals surface area contributed by atoms with Crippen LogP contribution in [0.25, 0.3) is 0 Å². The van der Waals surface area contributed by atoms with Crippen LogP contribution in [0.5, 0.6) is 0 Å². The zero-order chi connectivity index (χ0) is 16.0.